The summed E-state index contributed by atoms with van der Waals surface area (Å²) < 4.78 is 54.7. The lowest BCUT2D eigenvalue weighted by Gasteiger charge is -2.24. The number of hydrogen-bond acceptors (Lipinski definition) is 6. The molecule has 1 saturated heterocycles. The van der Waals surface area contributed by atoms with Crippen LogP contribution in [0.2, 0.25) is 0 Å². The number of ether oxygens (including phenoxy) is 2. The molecule has 0 aliphatic carbocycles. The van der Waals surface area contributed by atoms with Crippen LogP contribution in [0.5, 0.6) is 5.75 Å². The first-order chi connectivity index (χ1) is 16.9. The van der Waals surface area contributed by atoms with E-state index < -0.39 is 15.8 Å². The number of hydrogen-bond donors (Lipinski definition) is 0. The Morgan fingerprint density at radius 2 is 1.89 bits per heavy atom. The van der Waals surface area contributed by atoms with Gasteiger partial charge in [-0.05, 0) is 58.5 Å². The monoisotopic (exact) mass is 603 g/mol. The van der Waals surface area contributed by atoms with Gasteiger partial charge in [0.25, 0.3) is 10.0 Å². The number of fused-ring (bicyclic) bond motifs is 1. The van der Waals surface area contributed by atoms with Crippen molar-refractivity contribution in [2.24, 2.45) is 0 Å². The zero-order valence-electron chi connectivity index (χ0n) is 18.3. The quantitative estimate of drug-likeness (QED) is 0.295. The maximum atomic E-state index is 15.1. The summed E-state index contributed by atoms with van der Waals surface area (Å²) in [5.74, 6) is -0.196. The summed E-state index contributed by atoms with van der Waals surface area (Å²) in [6, 6.07) is 16.6. The van der Waals surface area contributed by atoms with Crippen molar-refractivity contribution in [1.82, 2.24) is 8.96 Å². The van der Waals surface area contributed by atoms with Crippen LogP contribution in [-0.4, -0.2) is 36.7 Å². The molecular formula is C25H19FIN3O4S. The first kappa shape index (κ1) is 23.7. The highest BCUT2D eigenvalue weighted by atomic mass is 127. The molecule has 35 heavy (non-hydrogen) atoms. The zero-order chi connectivity index (χ0) is 24.6. The molecule has 0 radical (unpaired) electrons. The van der Waals surface area contributed by atoms with Gasteiger partial charge in [0.05, 0.1) is 33.6 Å². The molecule has 2 aromatic heterocycles. The molecule has 1 fully saturated rings. The third-order valence-electron chi connectivity index (χ3n) is 5.83. The van der Waals surface area contributed by atoms with Crippen LogP contribution in [0.1, 0.15) is 18.4 Å². The van der Waals surface area contributed by atoms with Crippen LogP contribution in [0.25, 0.3) is 22.2 Å². The fourth-order valence-corrected chi connectivity index (χ4v) is 6.82. The Morgan fingerprint density at radius 3 is 2.60 bits per heavy atom. The summed E-state index contributed by atoms with van der Waals surface area (Å²) in [4.78, 5) is 4.22. The van der Waals surface area contributed by atoms with Crippen LogP contribution in [0, 0.1) is 20.8 Å². The Hall–Kier alpha value is -3.01. The van der Waals surface area contributed by atoms with Crippen molar-refractivity contribution in [3.8, 4) is 22.9 Å². The molecule has 0 amide bonds. The van der Waals surface area contributed by atoms with Crippen molar-refractivity contribution in [3.63, 3.8) is 0 Å². The smallest absolute Gasteiger partial charge is 0.270 e. The molecule has 7 nitrogen and oxygen atoms in total. The SMILES string of the molecule is N#Cc1cc(-c2c(F)cnc3c2cc(I)n3S(=O)(=O)c2ccccc2)ccc1OC1CCOCC1. The van der Waals surface area contributed by atoms with Crippen molar-refractivity contribution in [2.45, 2.75) is 23.8 Å². The second kappa shape index (κ2) is 9.56. The maximum Gasteiger partial charge on any atom is 0.270 e. The minimum Gasteiger partial charge on any atom is -0.489 e. The van der Waals surface area contributed by atoms with Gasteiger partial charge in [0.2, 0.25) is 0 Å². The van der Waals surface area contributed by atoms with Gasteiger partial charge < -0.3 is 9.47 Å². The Kier molecular flexibility index (Phi) is 6.48. The number of nitriles is 1. The summed E-state index contributed by atoms with van der Waals surface area (Å²) in [5.41, 5.74) is 0.973. The molecule has 1 aliphatic rings. The zero-order valence-corrected chi connectivity index (χ0v) is 21.3. The van der Waals surface area contributed by atoms with Crippen molar-refractivity contribution >= 4 is 43.6 Å². The molecule has 0 N–H and O–H groups in total. The van der Waals surface area contributed by atoms with Crippen molar-refractivity contribution in [1.29, 1.82) is 5.26 Å². The van der Waals surface area contributed by atoms with Gasteiger partial charge >= 0.3 is 0 Å². The molecule has 3 heterocycles. The predicted octanol–water partition coefficient (Wildman–Crippen LogP) is 5.11. The number of halogens is 2. The molecule has 0 bridgehead atoms. The van der Waals surface area contributed by atoms with Gasteiger partial charge in [0.15, 0.2) is 5.65 Å². The van der Waals surface area contributed by atoms with Gasteiger partial charge in [0.1, 0.15) is 23.7 Å². The average molecular weight is 603 g/mol. The number of aromatic nitrogens is 2. The van der Waals surface area contributed by atoms with E-state index in [1.54, 1.807) is 42.5 Å². The van der Waals surface area contributed by atoms with E-state index >= 15 is 4.39 Å². The van der Waals surface area contributed by atoms with E-state index in [1.807, 2.05) is 22.6 Å². The summed E-state index contributed by atoms with van der Waals surface area (Å²) in [5, 5.41) is 10.1. The standard InChI is InChI=1S/C25H19FIN3O4S/c26-21-15-29-25-20(13-23(27)30(25)35(31,32)19-4-2-1-3-5-19)24(21)16-6-7-22(17(12-16)14-28)34-18-8-10-33-11-9-18/h1-7,12-13,15,18H,8-11H2. The molecule has 2 aromatic carbocycles. The highest BCUT2D eigenvalue weighted by Gasteiger charge is 2.26. The molecule has 10 heteroatoms. The summed E-state index contributed by atoms with van der Waals surface area (Å²) in [6.45, 7) is 1.21. The lowest BCUT2D eigenvalue weighted by Crippen LogP contribution is -2.26. The van der Waals surface area contributed by atoms with Gasteiger partial charge in [-0.15, -0.1) is 0 Å². The summed E-state index contributed by atoms with van der Waals surface area (Å²) in [6.07, 6.45) is 2.41. The molecule has 0 unspecified atom stereocenters. The molecule has 178 valence electrons. The van der Waals surface area contributed by atoms with E-state index in [2.05, 4.69) is 11.1 Å². The van der Waals surface area contributed by atoms with Gasteiger partial charge in [-0.1, -0.05) is 24.3 Å². The lowest BCUT2D eigenvalue weighted by molar-refractivity contribution is 0.0254. The van der Waals surface area contributed by atoms with Gasteiger partial charge in [-0.25, -0.2) is 21.8 Å². The summed E-state index contributed by atoms with van der Waals surface area (Å²) in [7, 11) is -3.96. The number of nitrogens with zero attached hydrogens (tertiary/aromatic N) is 3. The van der Waals surface area contributed by atoms with Gasteiger partial charge in [-0.2, -0.15) is 5.26 Å². The Balaban J connectivity index is 1.62. The van der Waals surface area contributed by atoms with Gasteiger partial charge in [-0.3, -0.25) is 0 Å². The highest BCUT2D eigenvalue weighted by molar-refractivity contribution is 14.1. The van der Waals surface area contributed by atoms with Crippen LogP contribution in [0.15, 0.2) is 65.7 Å². The van der Waals surface area contributed by atoms with Crippen LogP contribution in [0.3, 0.4) is 0 Å². The highest BCUT2D eigenvalue weighted by Crippen LogP contribution is 2.36. The molecule has 5 rings (SSSR count). The molecule has 4 aromatic rings. The second-order valence-corrected chi connectivity index (χ2v) is 10.9. The van der Waals surface area contributed by atoms with Crippen molar-refractivity contribution < 1.29 is 22.3 Å². The number of pyridine rings is 1. The van der Waals surface area contributed by atoms with E-state index in [9.17, 15) is 13.7 Å². The first-order valence-electron chi connectivity index (χ1n) is 10.8. The number of benzene rings is 2. The van der Waals surface area contributed by atoms with E-state index in [4.69, 9.17) is 9.47 Å². The predicted molar refractivity (Wildman–Crippen MR) is 136 cm³/mol. The third-order valence-corrected chi connectivity index (χ3v) is 8.67. The van der Waals surface area contributed by atoms with E-state index in [1.165, 1.54) is 12.1 Å². The lowest BCUT2D eigenvalue weighted by atomic mass is 10.0. The average Bonchev–Trinajstić information content (AvgIpc) is 3.22. The largest absolute Gasteiger partial charge is 0.489 e. The van der Waals surface area contributed by atoms with Gasteiger partial charge in [0, 0.05) is 23.8 Å². The molecular weight excluding hydrogens is 584 g/mol. The van der Waals surface area contributed by atoms with Crippen LogP contribution < -0.4 is 4.74 Å². The fourth-order valence-electron chi connectivity index (χ4n) is 4.14. The van der Waals surface area contributed by atoms with Crippen LogP contribution in [-0.2, 0) is 14.8 Å². The van der Waals surface area contributed by atoms with E-state index in [-0.39, 0.29) is 27.8 Å². The Morgan fingerprint density at radius 1 is 1.14 bits per heavy atom. The van der Waals surface area contributed by atoms with Crippen LogP contribution in [0.4, 0.5) is 4.39 Å². The third kappa shape index (κ3) is 4.39. The normalized spacial score (nSPS) is 14.7. The first-order valence-corrected chi connectivity index (χ1v) is 13.4. The van der Waals surface area contributed by atoms with Crippen LogP contribution >= 0.6 is 22.6 Å². The molecule has 1 aliphatic heterocycles. The topological polar surface area (TPSA) is 94.2 Å². The Labute approximate surface area is 215 Å². The van der Waals surface area contributed by atoms with E-state index in [0.717, 1.165) is 23.0 Å². The Bertz CT molecular complexity index is 1560. The fraction of sp³-hybridized carbons (Fsp3) is 0.200. The molecule has 0 atom stereocenters. The second-order valence-electron chi connectivity index (χ2n) is 8.02. The van der Waals surface area contributed by atoms with E-state index in [0.29, 0.717) is 33.6 Å². The van der Waals surface area contributed by atoms with Crippen molar-refractivity contribution in [2.75, 3.05) is 13.2 Å². The maximum absolute atomic E-state index is 15.1. The molecule has 0 spiro atoms. The number of rotatable bonds is 5. The molecule has 0 saturated carbocycles. The minimum absolute atomic E-state index is 0.0510. The summed E-state index contributed by atoms with van der Waals surface area (Å²) >= 11 is 1.90. The van der Waals surface area contributed by atoms with Crippen molar-refractivity contribution in [3.05, 3.63) is 75.9 Å². The minimum atomic E-state index is -3.96.